The van der Waals surface area contributed by atoms with Crippen molar-refractivity contribution in [3.8, 4) is 0 Å². The number of anilines is 3. The Morgan fingerprint density at radius 2 is 1.07 bits per heavy atom. The molecule has 0 heterocycles. The van der Waals surface area contributed by atoms with Crippen LogP contribution in [0.1, 0.15) is 56.9 Å². The number of rotatable bonds is 15. The molecular weight excluding hydrogens is 344 g/mol. The Labute approximate surface area is 171 Å². The summed E-state index contributed by atoms with van der Waals surface area (Å²) in [5, 5.41) is 6.96. The second-order valence-corrected chi connectivity index (χ2v) is 7.62. The summed E-state index contributed by atoms with van der Waals surface area (Å²) in [6.45, 7) is 3.21. The van der Waals surface area contributed by atoms with Gasteiger partial charge in [0, 0.05) is 23.6 Å². The summed E-state index contributed by atoms with van der Waals surface area (Å²) in [5.41, 5.74) is 15.6. The van der Waals surface area contributed by atoms with Gasteiger partial charge < -0.3 is 22.1 Å². The van der Waals surface area contributed by atoms with Gasteiger partial charge in [-0.2, -0.15) is 0 Å². The molecule has 2 rings (SSSR count). The van der Waals surface area contributed by atoms with Crippen LogP contribution in [-0.4, -0.2) is 19.6 Å². The predicted molar refractivity (Wildman–Crippen MR) is 124 cm³/mol. The van der Waals surface area contributed by atoms with E-state index < -0.39 is 0 Å². The smallest absolute Gasteiger partial charge is 0.0341 e. The fourth-order valence-corrected chi connectivity index (χ4v) is 3.32. The van der Waals surface area contributed by atoms with E-state index in [0.29, 0.717) is 0 Å². The molecule has 0 aliphatic heterocycles. The van der Waals surface area contributed by atoms with Crippen molar-refractivity contribution in [1.82, 2.24) is 5.32 Å². The maximum absolute atomic E-state index is 5.72. The first-order valence-corrected chi connectivity index (χ1v) is 10.9. The minimum absolute atomic E-state index is 0.811. The molecule has 0 fully saturated rings. The number of aryl methyl sites for hydroxylation is 1. The molecular formula is C24H38N4. The minimum atomic E-state index is 0.811. The molecule has 2 aromatic carbocycles. The average Bonchev–Trinajstić information content (AvgIpc) is 2.71. The number of hydrogen-bond acceptors (Lipinski definition) is 4. The summed E-state index contributed by atoms with van der Waals surface area (Å²) in [4.78, 5) is 0. The first-order valence-electron chi connectivity index (χ1n) is 10.9. The molecule has 0 unspecified atom stereocenters. The summed E-state index contributed by atoms with van der Waals surface area (Å²) in [6.07, 6.45) is 11.7. The molecule has 4 nitrogen and oxygen atoms in total. The van der Waals surface area contributed by atoms with Gasteiger partial charge in [-0.1, -0.05) is 44.2 Å². The normalized spacial score (nSPS) is 10.9. The minimum Gasteiger partial charge on any atom is -0.399 e. The van der Waals surface area contributed by atoms with Crippen LogP contribution in [0.15, 0.2) is 48.5 Å². The zero-order chi connectivity index (χ0) is 19.9. The molecule has 28 heavy (non-hydrogen) atoms. The van der Waals surface area contributed by atoms with Gasteiger partial charge in [-0.05, 0) is 80.7 Å². The topological polar surface area (TPSA) is 76.1 Å². The molecule has 0 bridgehead atoms. The largest absolute Gasteiger partial charge is 0.399 e. The van der Waals surface area contributed by atoms with E-state index in [1.54, 1.807) is 0 Å². The van der Waals surface area contributed by atoms with Gasteiger partial charge in [-0.25, -0.2) is 0 Å². The third-order valence-electron chi connectivity index (χ3n) is 5.07. The quantitative estimate of drug-likeness (QED) is 0.252. The Morgan fingerprint density at radius 1 is 0.536 bits per heavy atom. The van der Waals surface area contributed by atoms with E-state index in [1.165, 1.54) is 56.9 Å². The van der Waals surface area contributed by atoms with Crippen LogP contribution in [0.5, 0.6) is 0 Å². The Balaban J connectivity index is 1.30. The van der Waals surface area contributed by atoms with Crippen molar-refractivity contribution in [3.63, 3.8) is 0 Å². The molecule has 0 aliphatic carbocycles. The number of unbranched alkanes of at least 4 members (excludes halogenated alkanes) is 6. The van der Waals surface area contributed by atoms with Gasteiger partial charge in [0.05, 0.1) is 0 Å². The SMILES string of the molecule is Nc1ccc(CCCCCCCCCNCCCNc2ccc(N)cc2)cc1. The Kier molecular flexibility index (Phi) is 11.0. The van der Waals surface area contributed by atoms with Crippen LogP contribution in [-0.2, 0) is 6.42 Å². The first kappa shape index (κ1) is 22.1. The maximum atomic E-state index is 5.72. The average molecular weight is 383 g/mol. The van der Waals surface area contributed by atoms with Gasteiger partial charge >= 0.3 is 0 Å². The molecule has 0 saturated heterocycles. The van der Waals surface area contributed by atoms with Gasteiger partial charge in [0.2, 0.25) is 0 Å². The van der Waals surface area contributed by atoms with Crippen LogP contribution in [0.25, 0.3) is 0 Å². The summed E-state index contributed by atoms with van der Waals surface area (Å²) in [6, 6.07) is 16.2. The molecule has 0 aliphatic rings. The van der Waals surface area contributed by atoms with Crippen molar-refractivity contribution in [3.05, 3.63) is 54.1 Å². The lowest BCUT2D eigenvalue weighted by Gasteiger charge is -2.08. The van der Waals surface area contributed by atoms with Crippen molar-refractivity contribution in [2.75, 3.05) is 36.4 Å². The number of nitrogen functional groups attached to an aromatic ring is 2. The Morgan fingerprint density at radius 3 is 1.75 bits per heavy atom. The molecule has 0 amide bonds. The zero-order valence-corrected chi connectivity index (χ0v) is 17.3. The van der Waals surface area contributed by atoms with Crippen LogP contribution in [0, 0.1) is 0 Å². The van der Waals surface area contributed by atoms with E-state index in [0.717, 1.165) is 43.1 Å². The molecule has 2 aromatic rings. The molecule has 4 heteroatoms. The summed E-state index contributed by atoms with van der Waals surface area (Å²) in [5.74, 6) is 0. The predicted octanol–water partition coefficient (Wildman–Crippen LogP) is 5.22. The number of hydrogen-bond donors (Lipinski definition) is 4. The van der Waals surface area contributed by atoms with Crippen molar-refractivity contribution in [2.45, 2.75) is 57.8 Å². The highest BCUT2D eigenvalue weighted by Gasteiger charge is 1.96. The van der Waals surface area contributed by atoms with Gasteiger partial charge in [0.25, 0.3) is 0 Å². The molecule has 0 aromatic heterocycles. The van der Waals surface area contributed by atoms with E-state index in [1.807, 2.05) is 36.4 Å². The standard InChI is InChI=1S/C24H38N4/c25-22-12-10-21(11-13-22)9-6-4-2-1-3-5-7-18-27-19-8-20-28-24-16-14-23(26)15-17-24/h10-17,27-28H,1-9,18-20,25-26H2. The third kappa shape index (κ3) is 10.2. The second kappa shape index (κ2) is 13.9. The van der Waals surface area contributed by atoms with E-state index in [9.17, 15) is 0 Å². The van der Waals surface area contributed by atoms with E-state index in [-0.39, 0.29) is 0 Å². The maximum Gasteiger partial charge on any atom is 0.0341 e. The van der Waals surface area contributed by atoms with Crippen molar-refractivity contribution in [1.29, 1.82) is 0 Å². The highest BCUT2D eigenvalue weighted by molar-refractivity contribution is 5.51. The Bertz CT molecular complexity index is 565. The van der Waals surface area contributed by atoms with Crippen LogP contribution < -0.4 is 22.1 Å². The highest BCUT2D eigenvalue weighted by Crippen LogP contribution is 2.12. The molecule has 0 radical (unpaired) electrons. The van der Waals surface area contributed by atoms with E-state index in [4.69, 9.17) is 11.5 Å². The molecule has 0 saturated carbocycles. The number of benzene rings is 2. The van der Waals surface area contributed by atoms with Crippen molar-refractivity contribution in [2.24, 2.45) is 0 Å². The number of nitrogens with two attached hydrogens (primary N) is 2. The molecule has 154 valence electrons. The molecule has 0 spiro atoms. The van der Waals surface area contributed by atoms with Crippen LogP contribution in [0.3, 0.4) is 0 Å². The lowest BCUT2D eigenvalue weighted by molar-refractivity contribution is 0.555. The van der Waals surface area contributed by atoms with Crippen LogP contribution in [0.2, 0.25) is 0 Å². The monoisotopic (exact) mass is 382 g/mol. The lowest BCUT2D eigenvalue weighted by atomic mass is 10.0. The van der Waals surface area contributed by atoms with E-state index in [2.05, 4.69) is 22.8 Å². The molecule has 0 atom stereocenters. The fraction of sp³-hybridized carbons (Fsp3) is 0.500. The molecule has 6 N–H and O–H groups in total. The van der Waals surface area contributed by atoms with Crippen molar-refractivity contribution < 1.29 is 0 Å². The Hall–Kier alpha value is -2.20. The van der Waals surface area contributed by atoms with Gasteiger partial charge in [0.1, 0.15) is 0 Å². The van der Waals surface area contributed by atoms with Gasteiger partial charge in [0.15, 0.2) is 0 Å². The van der Waals surface area contributed by atoms with Gasteiger partial charge in [-0.3, -0.25) is 0 Å². The highest BCUT2D eigenvalue weighted by atomic mass is 14.9. The van der Waals surface area contributed by atoms with Crippen LogP contribution >= 0.6 is 0 Å². The first-order chi connectivity index (χ1) is 13.7. The van der Waals surface area contributed by atoms with E-state index >= 15 is 0 Å². The van der Waals surface area contributed by atoms with Gasteiger partial charge in [-0.15, -0.1) is 0 Å². The second-order valence-electron chi connectivity index (χ2n) is 7.62. The van der Waals surface area contributed by atoms with Crippen LogP contribution in [0.4, 0.5) is 17.1 Å². The summed E-state index contributed by atoms with van der Waals surface area (Å²) < 4.78 is 0. The van der Waals surface area contributed by atoms with Crippen molar-refractivity contribution >= 4 is 17.1 Å². The fourth-order valence-electron chi connectivity index (χ4n) is 3.32. The zero-order valence-electron chi connectivity index (χ0n) is 17.3. The number of nitrogens with one attached hydrogen (secondary N) is 2. The summed E-state index contributed by atoms with van der Waals surface area (Å²) >= 11 is 0. The lowest BCUT2D eigenvalue weighted by Crippen LogP contribution is -2.19. The summed E-state index contributed by atoms with van der Waals surface area (Å²) in [7, 11) is 0. The third-order valence-corrected chi connectivity index (χ3v) is 5.07.